The third kappa shape index (κ3) is 2.92. The van der Waals surface area contributed by atoms with Crippen LogP contribution >= 0.6 is 0 Å². The maximum atomic E-state index is 11.8. The second kappa shape index (κ2) is 5.94. The Labute approximate surface area is 118 Å². The van der Waals surface area contributed by atoms with Crippen molar-refractivity contribution in [2.45, 2.75) is 31.1 Å². The van der Waals surface area contributed by atoms with Crippen molar-refractivity contribution in [3.8, 4) is 0 Å². The highest BCUT2D eigenvalue weighted by atomic mass is 16.4. The molecule has 0 bridgehead atoms. The minimum Gasteiger partial charge on any atom is -0.481 e. The lowest BCUT2D eigenvalue weighted by atomic mass is 9.66. The Morgan fingerprint density at radius 1 is 1.25 bits per heavy atom. The molecule has 0 atom stereocenters. The third-order valence-corrected chi connectivity index (χ3v) is 4.23. The van der Waals surface area contributed by atoms with Crippen molar-refractivity contribution in [2.24, 2.45) is 22.4 Å². The third-order valence-electron chi connectivity index (χ3n) is 4.23. The highest BCUT2D eigenvalue weighted by Gasteiger charge is 2.43. The van der Waals surface area contributed by atoms with Gasteiger partial charge in [-0.1, -0.05) is 30.3 Å². The molecule has 1 fully saturated rings. The molecule has 1 aliphatic carbocycles. The Bertz CT molecular complexity index is 487. The first-order valence-electron chi connectivity index (χ1n) is 6.89. The molecule has 5 nitrogen and oxygen atoms in total. The zero-order chi connectivity index (χ0) is 14.6. The van der Waals surface area contributed by atoms with Gasteiger partial charge in [0.15, 0.2) is 5.96 Å². The Morgan fingerprint density at radius 3 is 2.35 bits per heavy atom. The number of hydrogen-bond donors (Lipinski definition) is 3. The number of nitrogens with two attached hydrogens (primary N) is 2. The van der Waals surface area contributed by atoms with E-state index in [2.05, 4.69) is 4.99 Å². The van der Waals surface area contributed by atoms with Crippen LogP contribution in [0.4, 0.5) is 0 Å². The maximum Gasteiger partial charge on any atom is 0.314 e. The molecule has 0 saturated heterocycles. The van der Waals surface area contributed by atoms with Gasteiger partial charge in [-0.25, -0.2) is 0 Å². The van der Waals surface area contributed by atoms with Gasteiger partial charge in [0.05, 0.1) is 5.41 Å². The van der Waals surface area contributed by atoms with Gasteiger partial charge >= 0.3 is 5.97 Å². The fourth-order valence-corrected chi connectivity index (χ4v) is 2.97. The molecule has 0 radical (unpaired) electrons. The Balaban J connectivity index is 2.11. The maximum absolute atomic E-state index is 11.8. The van der Waals surface area contributed by atoms with E-state index < -0.39 is 11.4 Å². The van der Waals surface area contributed by atoms with E-state index in [0.29, 0.717) is 25.3 Å². The monoisotopic (exact) mass is 275 g/mol. The van der Waals surface area contributed by atoms with Crippen LogP contribution < -0.4 is 11.5 Å². The molecule has 0 heterocycles. The van der Waals surface area contributed by atoms with E-state index in [4.69, 9.17) is 11.5 Å². The molecule has 20 heavy (non-hydrogen) atoms. The topological polar surface area (TPSA) is 102 Å². The molecule has 5 N–H and O–H groups in total. The molecule has 0 amide bonds. The van der Waals surface area contributed by atoms with Crippen LogP contribution in [-0.2, 0) is 10.2 Å². The van der Waals surface area contributed by atoms with Crippen LogP contribution in [-0.4, -0.2) is 23.6 Å². The minimum atomic E-state index is -0.754. The first kappa shape index (κ1) is 14.4. The van der Waals surface area contributed by atoms with Gasteiger partial charge in [0.25, 0.3) is 0 Å². The molecule has 1 saturated carbocycles. The number of aliphatic carboxylic acids is 1. The van der Waals surface area contributed by atoms with E-state index in [1.54, 1.807) is 0 Å². The predicted molar refractivity (Wildman–Crippen MR) is 78.4 cm³/mol. The van der Waals surface area contributed by atoms with E-state index in [1.165, 1.54) is 0 Å². The molecule has 0 aromatic heterocycles. The molecule has 5 heteroatoms. The Kier molecular flexibility index (Phi) is 4.27. The number of carboxylic acids is 1. The number of aliphatic imine (C=N–C) groups is 1. The molecule has 1 aromatic rings. The van der Waals surface area contributed by atoms with Crippen molar-refractivity contribution in [2.75, 3.05) is 6.54 Å². The van der Waals surface area contributed by atoms with E-state index >= 15 is 0 Å². The highest BCUT2D eigenvalue weighted by Crippen LogP contribution is 2.41. The van der Waals surface area contributed by atoms with Gasteiger partial charge in [-0.15, -0.1) is 0 Å². The summed E-state index contributed by atoms with van der Waals surface area (Å²) in [6.45, 7) is 0.590. The van der Waals surface area contributed by atoms with Crippen molar-refractivity contribution < 1.29 is 9.90 Å². The average Bonchev–Trinajstić information content (AvgIpc) is 2.46. The molecule has 0 aliphatic heterocycles. The van der Waals surface area contributed by atoms with Crippen molar-refractivity contribution in [3.63, 3.8) is 0 Å². The highest BCUT2D eigenvalue weighted by molar-refractivity contribution is 5.81. The summed E-state index contributed by atoms with van der Waals surface area (Å²) in [5.41, 5.74) is 10.8. The van der Waals surface area contributed by atoms with Crippen molar-refractivity contribution in [3.05, 3.63) is 35.9 Å². The first-order valence-corrected chi connectivity index (χ1v) is 6.89. The summed E-state index contributed by atoms with van der Waals surface area (Å²) in [6, 6.07) is 9.51. The SMILES string of the molecule is NC(N)=NCC1CCC(C(=O)O)(c2ccccc2)CC1. The van der Waals surface area contributed by atoms with Gasteiger partial charge in [0, 0.05) is 6.54 Å². The predicted octanol–water partition coefficient (Wildman–Crippen LogP) is 1.47. The molecular weight excluding hydrogens is 254 g/mol. The van der Waals surface area contributed by atoms with E-state index in [-0.39, 0.29) is 5.96 Å². The van der Waals surface area contributed by atoms with Crippen molar-refractivity contribution in [1.82, 2.24) is 0 Å². The second-order valence-corrected chi connectivity index (χ2v) is 5.46. The van der Waals surface area contributed by atoms with Crippen LogP contribution in [0.25, 0.3) is 0 Å². The summed E-state index contributed by atoms with van der Waals surface area (Å²) in [5, 5.41) is 9.68. The molecule has 1 aliphatic rings. The fourth-order valence-electron chi connectivity index (χ4n) is 2.97. The average molecular weight is 275 g/mol. The summed E-state index contributed by atoms with van der Waals surface area (Å²) in [5.74, 6) is -0.264. The number of carboxylic acid groups (broad SMARTS) is 1. The standard InChI is InChI=1S/C15H21N3O2/c16-14(17)18-10-11-6-8-15(9-7-11,13(19)20)12-4-2-1-3-5-12/h1-5,11H,6-10H2,(H,19,20)(H4,16,17,18). The molecule has 108 valence electrons. The van der Waals surface area contributed by atoms with E-state index in [9.17, 15) is 9.90 Å². The van der Waals surface area contributed by atoms with Gasteiger partial charge in [-0.2, -0.15) is 0 Å². The molecular formula is C15H21N3O2. The molecule has 0 unspecified atom stereocenters. The van der Waals surface area contributed by atoms with Crippen LogP contribution in [0.1, 0.15) is 31.2 Å². The lowest BCUT2D eigenvalue weighted by Gasteiger charge is -2.36. The van der Waals surface area contributed by atoms with Crippen LogP contribution in [0.15, 0.2) is 35.3 Å². The van der Waals surface area contributed by atoms with E-state index in [1.807, 2.05) is 30.3 Å². The number of benzene rings is 1. The zero-order valence-electron chi connectivity index (χ0n) is 11.5. The summed E-state index contributed by atoms with van der Waals surface area (Å²) in [4.78, 5) is 15.8. The second-order valence-electron chi connectivity index (χ2n) is 5.46. The minimum absolute atomic E-state index is 0.100. The number of nitrogens with zero attached hydrogens (tertiary/aromatic N) is 1. The van der Waals surface area contributed by atoms with Gasteiger partial charge in [-0.3, -0.25) is 9.79 Å². The van der Waals surface area contributed by atoms with Gasteiger partial charge < -0.3 is 16.6 Å². The van der Waals surface area contributed by atoms with Gasteiger partial charge in [0.2, 0.25) is 0 Å². The number of carbonyl (C=O) groups is 1. The normalized spacial score (nSPS) is 25.9. The first-order chi connectivity index (χ1) is 9.54. The number of rotatable bonds is 4. The van der Waals surface area contributed by atoms with Crippen LogP contribution in [0.2, 0.25) is 0 Å². The lowest BCUT2D eigenvalue weighted by Crippen LogP contribution is -2.40. The van der Waals surface area contributed by atoms with Crippen molar-refractivity contribution in [1.29, 1.82) is 0 Å². The van der Waals surface area contributed by atoms with Gasteiger partial charge in [-0.05, 0) is 37.2 Å². The summed E-state index contributed by atoms with van der Waals surface area (Å²) in [7, 11) is 0. The van der Waals surface area contributed by atoms with Crippen LogP contribution in [0.3, 0.4) is 0 Å². The largest absolute Gasteiger partial charge is 0.481 e. The van der Waals surface area contributed by atoms with E-state index in [0.717, 1.165) is 18.4 Å². The molecule has 1 aromatic carbocycles. The smallest absolute Gasteiger partial charge is 0.314 e. The van der Waals surface area contributed by atoms with Gasteiger partial charge in [0.1, 0.15) is 0 Å². The fraction of sp³-hybridized carbons (Fsp3) is 0.467. The number of hydrogen-bond acceptors (Lipinski definition) is 2. The van der Waals surface area contributed by atoms with Crippen LogP contribution in [0.5, 0.6) is 0 Å². The Morgan fingerprint density at radius 2 is 1.85 bits per heavy atom. The number of guanidine groups is 1. The lowest BCUT2D eigenvalue weighted by molar-refractivity contribution is -0.145. The van der Waals surface area contributed by atoms with Crippen LogP contribution in [0, 0.1) is 5.92 Å². The molecule has 2 rings (SSSR count). The summed E-state index contributed by atoms with van der Waals surface area (Å²) >= 11 is 0. The molecule has 0 spiro atoms. The zero-order valence-corrected chi connectivity index (χ0v) is 11.5. The summed E-state index contributed by atoms with van der Waals surface area (Å²) in [6.07, 6.45) is 2.93. The summed E-state index contributed by atoms with van der Waals surface area (Å²) < 4.78 is 0. The Hall–Kier alpha value is -2.04. The quantitative estimate of drug-likeness (QED) is 0.572. The van der Waals surface area contributed by atoms with Crippen molar-refractivity contribution >= 4 is 11.9 Å².